The Hall–Kier alpha value is -1.55. The number of alkyl halides is 1. The highest BCUT2D eigenvalue weighted by atomic mass is 35.5. The topological polar surface area (TPSA) is 55.4 Å². The van der Waals surface area contributed by atoms with Crippen molar-refractivity contribution in [3.05, 3.63) is 35.4 Å². The smallest absolute Gasteiger partial charge is 0.325 e. The standard InChI is InChI=1S/C14H16ClNO3/c1-19-14(18)12(15)8-16-13(17)11-6-9-4-2-3-5-10(9)7-11/h2-5,11-12H,6-8H2,1H3,(H,16,17). The molecule has 0 fully saturated rings. The zero-order valence-electron chi connectivity index (χ0n) is 10.7. The second kappa shape index (κ2) is 6.06. The number of nitrogens with one attached hydrogen (secondary N) is 1. The summed E-state index contributed by atoms with van der Waals surface area (Å²) in [4.78, 5) is 23.1. The Kier molecular flexibility index (Phi) is 4.43. The van der Waals surface area contributed by atoms with Crippen molar-refractivity contribution in [3.63, 3.8) is 0 Å². The molecule has 0 aliphatic heterocycles. The Labute approximate surface area is 117 Å². The van der Waals surface area contributed by atoms with E-state index in [1.165, 1.54) is 18.2 Å². The minimum absolute atomic E-state index is 0.0641. The lowest BCUT2D eigenvalue weighted by Crippen LogP contribution is -2.38. The third-order valence-electron chi connectivity index (χ3n) is 3.33. The maximum absolute atomic E-state index is 12.0. The van der Waals surface area contributed by atoms with E-state index in [1.807, 2.05) is 24.3 Å². The summed E-state index contributed by atoms with van der Waals surface area (Å²) in [6.07, 6.45) is 1.49. The van der Waals surface area contributed by atoms with Crippen LogP contribution in [0, 0.1) is 5.92 Å². The molecule has 0 spiro atoms. The molecule has 1 aliphatic rings. The van der Waals surface area contributed by atoms with Crippen molar-refractivity contribution in [1.82, 2.24) is 5.32 Å². The number of hydrogen-bond donors (Lipinski definition) is 1. The van der Waals surface area contributed by atoms with Crippen LogP contribution < -0.4 is 5.32 Å². The van der Waals surface area contributed by atoms with Gasteiger partial charge < -0.3 is 10.1 Å². The van der Waals surface area contributed by atoms with Gasteiger partial charge in [-0.2, -0.15) is 0 Å². The number of carbonyl (C=O) groups is 2. The predicted molar refractivity (Wildman–Crippen MR) is 72.0 cm³/mol. The summed E-state index contributed by atoms with van der Waals surface area (Å²) in [7, 11) is 1.27. The summed E-state index contributed by atoms with van der Waals surface area (Å²) in [6.45, 7) is 0.0971. The number of methoxy groups -OCH3 is 1. The molecule has 1 aromatic rings. The molecular formula is C14H16ClNO3. The third-order valence-corrected chi connectivity index (χ3v) is 3.67. The van der Waals surface area contributed by atoms with E-state index in [9.17, 15) is 9.59 Å². The summed E-state index contributed by atoms with van der Waals surface area (Å²) in [5.41, 5.74) is 2.44. The Morgan fingerprint density at radius 3 is 2.47 bits per heavy atom. The van der Waals surface area contributed by atoms with Crippen molar-refractivity contribution in [3.8, 4) is 0 Å². The molecule has 0 bridgehead atoms. The van der Waals surface area contributed by atoms with Crippen LogP contribution in [-0.4, -0.2) is 30.9 Å². The number of esters is 1. The molecule has 0 radical (unpaired) electrons. The van der Waals surface area contributed by atoms with Gasteiger partial charge in [-0.05, 0) is 24.0 Å². The predicted octanol–water partition coefficient (Wildman–Crippen LogP) is 1.30. The molecule has 1 aromatic carbocycles. The maximum Gasteiger partial charge on any atom is 0.325 e. The molecule has 2 rings (SSSR count). The fourth-order valence-corrected chi connectivity index (χ4v) is 2.46. The van der Waals surface area contributed by atoms with Crippen LogP contribution in [0.5, 0.6) is 0 Å². The molecule has 1 amide bonds. The average Bonchev–Trinajstić information content (AvgIpc) is 2.87. The van der Waals surface area contributed by atoms with Gasteiger partial charge in [0.1, 0.15) is 5.38 Å². The van der Waals surface area contributed by atoms with Crippen molar-refractivity contribution in [1.29, 1.82) is 0 Å². The summed E-state index contributed by atoms with van der Waals surface area (Å²) >= 11 is 5.78. The number of fused-ring (bicyclic) bond motifs is 1. The van der Waals surface area contributed by atoms with Gasteiger partial charge >= 0.3 is 5.97 Å². The minimum Gasteiger partial charge on any atom is -0.468 e. The van der Waals surface area contributed by atoms with E-state index < -0.39 is 11.3 Å². The first-order chi connectivity index (χ1) is 9.11. The van der Waals surface area contributed by atoms with Gasteiger partial charge in [-0.25, -0.2) is 0 Å². The molecular weight excluding hydrogens is 266 g/mol. The second-order valence-electron chi connectivity index (χ2n) is 4.61. The average molecular weight is 282 g/mol. The normalized spacial score (nSPS) is 15.7. The van der Waals surface area contributed by atoms with E-state index in [-0.39, 0.29) is 18.4 Å². The van der Waals surface area contributed by atoms with Crippen LogP contribution in [0.3, 0.4) is 0 Å². The number of amides is 1. The van der Waals surface area contributed by atoms with Gasteiger partial charge in [-0.15, -0.1) is 11.6 Å². The molecule has 0 heterocycles. The molecule has 5 heteroatoms. The minimum atomic E-state index is -0.835. The lowest BCUT2D eigenvalue weighted by Gasteiger charge is -2.12. The molecule has 19 heavy (non-hydrogen) atoms. The van der Waals surface area contributed by atoms with Crippen LogP contribution in [0.25, 0.3) is 0 Å². The molecule has 4 nitrogen and oxygen atoms in total. The first-order valence-electron chi connectivity index (χ1n) is 6.18. The van der Waals surface area contributed by atoms with Crippen molar-refractivity contribution < 1.29 is 14.3 Å². The van der Waals surface area contributed by atoms with E-state index in [0.717, 1.165) is 12.8 Å². The SMILES string of the molecule is COC(=O)C(Cl)CNC(=O)C1Cc2ccccc2C1. The summed E-state index contributed by atoms with van der Waals surface area (Å²) in [6, 6.07) is 8.04. The van der Waals surface area contributed by atoms with Crippen molar-refractivity contribution in [2.24, 2.45) is 5.92 Å². The number of halogens is 1. The molecule has 0 saturated carbocycles. The molecule has 102 valence electrons. The second-order valence-corrected chi connectivity index (χ2v) is 5.14. The summed E-state index contributed by atoms with van der Waals surface area (Å²) in [5, 5.41) is 1.87. The first-order valence-corrected chi connectivity index (χ1v) is 6.62. The lowest BCUT2D eigenvalue weighted by molar-refractivity contribution is -0.140. The lowest BCUT2D eigenvalue weighted by atomic mass is 10.1. The molecule has 1 N–H and O–H groups in total. The van der Waals surface area contributed by atoms with Crippen molar-refractivity contribution in [2.45, 2.75) is 18.2 Å². The highest BCUT2D eigenvalue weighted by Crippen LogP contribution is 2.26. The van der Waals surface area contributed by atoms with Gasteiger partial charge in [0.15, 0.2) is 0 Å². The fraction of sp³-hybridized carbons (Fsp3) is 0.429. The van der Waals surface area contributed by atoms with Crippen LogP contribution in [0.4, 0.5) is 0 Å². The molecule has 0 saturated heterocycles. The van der Waals surface area contributed by atoms with Crippen molar-refractivity contribution >= 4 is 23.5 Å². The van der Waals surface area contributed by atoms with Crippen molar-refractivity contribution in [2.75, 3.05) is 13.7 Å². The Bertz CT molecular complexity index is 464. The first kappa shape index (κ1) is 13.9. The van der Waals surface area contributed by atoms with E-state index in [0.29, 0.717) is 0 Å². The van der Waals surface area contributed by atoms with E-state index in [1.54, 1.807) is 0 Å². The van der Waals surface area contributed by atoms with E-state index >= 15 is 0 Å². The van der Waals surface area contributed by atoms with Gasteiger partial charge in [0.05, 0.1) is 7.11 Å². The highest BCUT2D eigenvalue weighted by Gasteiger charge is 2.27. The third kappa shape index (κ3) is 3.26. The van der Waals surface area contributed by atoms with Gasteiger partial charge in [0, 0.05) is 12.5 Å². The Morgan fingerprint density at radius 1 is 1.37 bits per heavy atom. The Balaban J connectivity index is 1.85. The fourth-order valence-electron chi connectivity index (χ4n) is 2.29. The molecule has 1 aliphatic carbocycles. The summed E-state index contributed by atoms with van der Waals surface area (Å²) < 4.78 is 4.50. The van der Waals surface area contributed by atoms with Crippen LogP contribution in [0.15, 0.2) is 24.3 Å². The monoisotopic (exact) mass is 281 g/mol. The number of ether oxygens (including phenoxy) is 1. The van der Waals surface area contributed by atoms with Crippen LogP contribution in [0.2, 0.25) is 0 Å². The number of rotatable bonds is 4. The number of benzene rings is 1. The van der Waals surface area contributed by atoms with Gasteiger partial charge in [-0.1, -0.05) is 24.3 Å². The number of hydrogen-bond acceptors (Lipinski definition) is 3. The Morgan fingerprint density at radius 2 is 1.95 bits per heavy atom. The van der Waals surface area contributed by atoms with E-state index in [4.69, 9.17) is 11.6 Å². The molecule has 0 aromatic heterocycles. The van der Waals surface area contributed by atoms with Gasteiger partial charge in [0.2, 0.25) is 5.91 Å². The maximum atomic E-state index is 12.0. The molecule has 1 unspecified atom stereocenters. The summed E-state index contributed by atoms with van der Waals surface area (Å²) in [5.74, 6) is -0.665. The van der Waals surface area contributed by atoms with Crippen LogP contribution in [-0.2, 0) is 27.2 Å². The van der Waals surface area contributed by atoms with E-state index in [2.05, 4.69) is 10.1 Å². The quantitative estimate of drug-likeness (QED) is 0.668. The van der Waals surface area contributed by atoms with Gasteiger partial charge in [0.25, 0.3) is 0 Å². The molecule has 1 atom stereocenters. The number of carbonyl (C=O) groups excluding carboxylic acids is 2. The van der Waals surface area contributed by atoms with Crippen LogP contribution >= 0.6 is 11.6 Å². The highest BCUT2D eigenvalue weighted by molar-refractivity contribution is 6.30. The van der Waals surface area contributed by atoms with Crippen LogP contribution in [0.1, 0.15) is 11.1 Å². The van der Waals surface area contributed by atoms with Gasteiger partial charge in [-0.3, -0.25) is 9.59 Å². The zero-order valence-corrected chi connectivity index (χ0v) is 11.4. The largest absolute Gasteiger partial charge is 0.468 e. The zero-order chi connectivity index (χ0) is 13.8.